The van der Waals surface area contributed by atoms with E-state index in [-0.39, 0.29) is 18.4 Å². The summed E-state index contributed by atoms with van der Waals surface area (Å²) >= 11 is 0. The van der Waals surface area contributed by atoms with E-state index < -0.39 is 11.6 Å². The van der Waals surface area contributed by atoms with Gasteiger partial charge in [0.25, 0.3) is 0 Å². The number of aliphatic carboxylic acids is 1. The van der Waals surface area contributed by atoms with Crippen molar-refractivity contribution >= 4 is 23.0 Å². The number of rotatable bonds is 12. The van der Waals surface area contributed by atoms with Crippen LogP contribution in [0, 0.1) is 0 Å². The highest BCUT2D eigenvalue weighted by Crippen LogP contribution is 2.36. The summed E-state index contributed by atoms with van der Waals surface area (Å²) in [5.41, 5.74) is 2.42. The molecule has 1 aromatic carbocycles. The molecule has 0 spiro atoms. The van der Waals surface area contributed by atoms with E-state index >= 15 is 0 Å². The summed E-state index contributed by atoms with van der Waals surface area (Å²) in [6.45, 7) is 10.2. The minimum Gasteiger partial charge on any atom is -0.481 e. The van der Waals surface area contributed by atoms with E-state index in [9.17, 15) is 15.0 Å². The van der Waals surface area contributed by atoms with Crippen molar-refractivity contribution < 1.29 is 19.7 Å². The molecule has 9 heteroatoms. The molecular formula is C27H39N5O4. The first-order chi connectivity index (χ1) is 17.2. The van der Waals surface area contributed by atoms with Gasteiger partial charge in [-0.2, -0.15) is 0 Å². The number of hydrogen-bond acceptors (Lipinski definition) is 8. The monoisotopic (exact) mass is 497 g/mol. The Hall–Kier alpha value is -3.17. The summed E-state index contributed by atoms with van der Waals surface area (Å²) in [4.78, 5) is 22.3. The average Bonchev–Trinajstić information content (AvgIpc) is 2.83. The number of carboxylic acids is 1. The van der Waals surface area contributed by atoms with Gasteiger partial charge in [0.05, 0.1) is 48.1 Å². The van der Waals surface area contributed by atoms with Crippen LogP contribution in [0.5, 0.6) is 6.01 Å². The zero-order valence-corrected chi connectivity index (χ0v) is 21.7. The lowest BCUT2D eigenvalue weighted by Gasteiger charge is -2.40. The van der Waals surface area contributed by atoms with Crippen LogP contribution in [0.2, 0.25) is 0 Å². The van der Waals surface area contributed by atoms with E-state index in [1.165, 1.54) is 0 Å². The first-order valence-corrected chi connectivity index (χ1v) is 12.6. The van der Waals surface area contributed by atoms with Crippen LogP contribution in [0.4, 0.5) is 17.1 Å². The van der Waals surface area contributed by atoms with Crippen LogP contribution in [-0.2, 0) is 4.79 Å². The van der Waals surface area contributed by atoms with Crippen LogP contribution in [0.15, 0.2) is 42.7 Å². The van der Waals surface area contributed by atoms with Gasteiger partial charge in [0.2, 0.25) is 0 Å². The molecule has 1 saturated heterocycles. The van der Waals surface area contributed by atoms with E-state index in [2.05, 4.69) is 25.5 Å². The van der Waals surface area contributed by atoms with Crippen LogP contribution in [0.1, 0.15) is 58.4 Å². The summed E-state index contributed by atoms with van der Waals surface area (Å²) in [6, 6.07) is 6.58. The number of carbonyl (C=O) groups is 1. The smallest absolute Gasteiger partial charge is 0.316 e. The quantitative estimate of drug-likeness (QED) is 0.322. The molecule has 0 amide bonds. The topological polar surface area (TPSA) is 120 Å². The molecule has 0 radical (unpaired) electrons. The second-order valence-electron chi connectivity index (χ2n) is 9.74. The van der Waals surface area contributed by atoms with Gasteiger partial charge in [0.1, 0.15) is 0 Å². The molecule has 1 aliphatic heterocycles. The van der Waals surface area contributed by atoms with Gasteiger partial charge in [-0.05, 0) is 71.3 Å². The number of allylic oxidation sites excluding steroid dienone is 2. The third-order valence-corrected chi connectivity index (χ3v) is 6.06. The summed E-state index contributed by atoms with van der Waals surface area (Å²) in [6.07, 6.45) is 9.04. The number of aromatic nitrogens is 2. The van der Waals surface area contributed by atoms with Crippen molar-refractivity contribution in [1.29, 1.82) is 0 Å². The van der Waals surface area contributed by atoms with Crippen LogP contribution >= 0.6 is 0 Å². The van der Waals surface area contributed by atoms with Gasteiger partial charge in [-0.25, -0.2) is 9.97 Å². The largest absolute Gasteiger partial charge is 0.481 e. The number of piperidine rings is 1. The molecule has 4 N–H and O–H groups in total. The zero-order chi connectivity index (χ0) is 26.1. The number of hydrogen-bond donors (Lipinski definition) is 4. The minimum absolute atomic E-state index is 0.00300. The molecule has 0 unspecified atom stereocenters. The van der Waals surface area contributed by atoms with Gasteiger partial charge in [0, 0.05) is 18.5 Å². The number of anilines is 3. The fraction of sp³-hybridized carbons (Fsp3) is 0.519. The Kier molecular flexibility index (Phi) is 9.66. The Morgan fingerprint density at radius 3 is 2.58 bits per heavy atom. The third-order valence-electron chi connectivity index (χ3n) is 6.06. The molecule has 0 aliphatic carbocycles. The van der Waals surface area contributed by atoms with E-state index in [0.717, 1.165) is 42.9 Å². The van der Waals surface area contributed by atoms with Crippen molar-refractivity contribution in [2.75, 3.05) is 36.5 Å². The van der Waals surface area contributed by atoms with Crippen molar-refractivity contribution in [1.82, 2.24) is 15.3 Å². The summed E-state index contributed by atoms with van der Waals surface area (Å²) in [5, 5.41) is 27.1. The number of benzene rings is 1. The second kappa shape index (κ2) is 12.7. The number of ether oxygens (including phenoxy) is 1. The number of carboxylic acid groups (broad SMARTS) is 1. The number of nitrogens with zero attached hydrogens (tertiary/aromatic N) is 3. The van der Waals surface area contributed by atoms with Gasteiger partial charge < -0.3 is 30.5 Å². The lowest BCUT2D eigenvalue weighted by molar-refractivity contribution is -0.137. The lowest BCUT2D eigenvalue weighted by Crippen LogP contribution is -2.49. The van der Waals surface area contributed by atoms with Gasteiger partial charge in [-0.15, -0.1) is 0 Å². The number of aliphatic hydroxyl groups is 1. The zero-order valence-electron chi connectivity index (χ0n) is 21.7. The Bertz CT molecular complexity index is 1010. The van der Waals surface area contributed by atoms with Crippen molar-refractivity contribution in [3.8, 4) is 6.01 Å². The fourth-order valence-electron chi connectivity index (χ4n) is 4.54. The van der Waals surface area contributed by atoms with E-state index in [1.54, 1.807) is 12.4 Å². The molecule has 36 heavy (non-hydrogen) atoms. The van der Waals surface area contributed by atoms with Crippen LogP contribution in [0.3, 0.4) is 0 Å². The van der Waals surface area contributed by atoms with E-state index in [0.29, 0.717) is 24.8 Å². The average molecular weight is 498 g/mol. The molecule has 196 valence electrons. The maximum Gasteiger partial charge on any atom is 0.316 e. The maximum atomic E-state index is 11.5. The van der Waals surface area contributed by atoms with Gasteiger partial charge in [0.15, 0.2) is 0 Å². The molecule has 1 atom stereocenters. The molecule has 9 nitrogen and oxygen atoms in total. The predicted octanol–water partition coefficient (Wildman–Crippen LogP) is 4.08. The molecule has 2 aromatic rings. The van der Waals surface area contributed by atoms with Crippen molar-refractivity contribution in [3.63, 3.8) is 0 Å². The molecule has 2 heterocycles. The normalized spacial score (nSPS) is 15.6. The Labute approximate surface area is 213 Å². The second-order valence-corrected chi connectivity index (χ2v) is 9.74. The SMILES string of the molecule is C/C=C/[C@@H](CC(=O)O)c1ccc(N(CC(C)(C)O)C2CCNCC2)c(Nc2cnc(OCC)nc2)c1. The van der Waals surface area contributed by atoms with Crippen molar-refractivity contribution in [3.05, 3.63) is 48.3 Å². The van der Waals surface area contributed by atoms with Crippen LogP contribution in [-0.4, -0.2) is 64.0 Å². The summed E-state index contributed by atoms with van der Waals surface area (Å²) in [5.74, 6) is -1.12. The highest BCUT2D eigenvalue weighted by atomic mass is 16.5. The maximum absolute atomic E-state index is 11.5. The van der Waals surface area contributed by atoms with E-state index in [4.69, 9.17) is 4.74 Å². The number of nitrogens with one attached hydrogen (secondary N) is 2. The fourth-order valence-corrected chi connectivity index (χ4v) is 4.54. The highest BCUT2D eigenvalue weighted by Gasteiger charge is 2.29. The molecule has 1 fully saturated rings. The van der Waals surface area contributed by atoms with E-state index in [1.807, 2.05) is 58.0 Å². The molecule has 3 rings (SSSR count). The van der Waals surface area contributed by atoms with Crippen LogP contribution in [0.25, 0.3) is 0 Å². The standard InChI is InChI=1S/C27H39N5O4/c1-5-7-19(15-25(33)34)20-8-9-24(32(18-27(3,4)35)22-10-12-28-13-11-22)23(14-20)31-21-16-29-26(30-17-21)36-6-2/h5,7-9,14,16-17,19,22,28,31,35H,6,10-13,15,18H2,1-4H3,(H,33,34)/b7-5+/t19-/m0/s1. The predicted molar refractivity (Wildman–Crippen MR) is 142 cm³/mol. The van der Waals surface area contributed by atoms with Gasteiger partial charge in [-0.1, -0.05) is 18.2 Å². The highest BCUT2D eigenvalue weighted by molar-refractivity contribution is 5.77. The Morgan fingerprint density at radius 1 is 1.31 bits per heavy atom. The molecule has 1 aliphatic rings. The first kappa shape index (κ1) is 27.4. The summed E-state index contributed by atoms with van der Waals surface area (Å²) < 4.78 is 5.37. The molecule has 1 aromatic heterocycles. The Morgan fingerprint density at radius 2 is 2.00 bits per heavy atom. The molecule has 0 saturated carbocycles. The molecule has 0 bridgehead atoms. The van der Waals surface area contributed by atoms with Crippen LogP contribution < -0.4 is 20.3 Å². The first-order valence-electron chi connectivity index (χ1n) is 12.6. The van der Waals surface area contributed by atoms with Crippen molar-refractivity contribution in [2.24, 2.45) is 0 Å². The lowest BCUT2D eigenvalue weighted by atomic mass is 9.93. The van der Waals surface area contributed by atoms with Gasteiger partial charge >= 0.3 is 12.0 Å². The summed E-state index contributed by atoms with van der Waals surface area (Å²) in [7, 11) is 0. The van der Waals surface area contributed by atoms with Crippen molar-refractivity contribution in [2.45, 2.75) is 64.5 Å². The minimum atomic E-state index is -0.903. The van der Waals surface area contributed by atoms with Gasteiger partial charge in [-0.3, -0.25) is 4.79 Å². The third kappa shape index (κ3) is 7.93. The Balaban J connectivity index is 2.06. The molecular weight excluding hydrogens is 458 g/mol.